The lowest BCUT2D eigenvalue weighted by atomic mass is 9.97. The summed E-state index contributed by atoms with van der Waals surface area (Å²) in [5, 5.41) is 15.0. The van der Waals surface area contributed by atoms with Crippen molar-refractivity contribution in [2.75, 3.05) is 0 Å². The lowest BCUT2D eigenvalue weighted by Crippen LogP contribution is -2.07. The van der Waals surface area contributed by atoms with Crippen LogP contribution in [-0.4, -0.2) is 49.0 Å². The second-order valence-corrected chi connectivity index (χ2v) is 16.3. The first-order valence-electron chi connectivity index (χ1n) is 21.7. The van der Waals surface area contributed by atoms with Crippen molar-refractivity contribution in [2.24, 2.45) is 0 Å². The Morgan fingerprint density at radius 2 is 0.757 bits per heavy atom. The summed E-state index contributed by atoms with van der Waals surface area (Å²) in [5.41, 5.74) is 5.48. The van der Waals surface area contributed by atoms with Crippen LogP contribution >= 0.6 is 0 Å². The molecule has 12 aromatic rings. The van der Waals surface area contributed by atoms with Gasteiger partial charge in [0.15, 0.2) is 29.0 Å². The molecular formula is C55H29F3N12. The Kier molecular flexibility index (Phi) is 9.71. The van der Waals surface area contributed by atoms with Crippen LogP contribution in [-0.2, 0) is 6.18 Å². The first-order chi connectivity index (χ1) is 34.2. The molecule has 6 aromatic heterocycles. The summed E-state index contributed by atoms with van der Waals surface area (Å²) in [6, 6.07) is 39.5. The standard InChI is InChI=1S/C55H29F3N12/c1-60-39-23-36(22-38(30-39)55(56,57)58)37-28-49(69-45-24-32(51-61-14-2-15-62-51)6-10-40(45)41-11-7-33(25-46(41)69)52-63-16-3-17-64-52)44(31-59)50(29-37)70-47-26-34(53-65-18-4-19-66-53)8-12-42(47)43-13-9-35(27-48(43)70)54-67-20-5-21-68-54/h2-30H. The fourth-order valence-electron chi connectivity index (χ4n) is 9.16. The van der Waals surface area contributed by atoms with E-state index in [0.29, 0.717) is 84.6 Å². The highest BCUT2D eigenvalue weighted by Gasteiger charge is 2.32. The molecule has 0 saturated carbocycles. The van der Waals surface area contributed by atoms with Crippen LogP contribution in [0.25, 0.3) is 117 Å². The fraction of sp³-hybridized carbons (Fsp3) is 0.0182. The molecule has 6 heterocycles. The monoisotopic (exact) mass is 914 g/mol. The number of hydrogen-bond donors (Lipinski definition) is 0. The molecule has 12 rings (SSSR count). The van der Waals surface area contributed by atoms with Gasteiger partial charge in [-0.15, -0.1) is 0 Å². The summed E-state index contributed by atoms with van der Waals surface area (Å²) >= 11 is 0. The van der Waals surface area contributed by atoms with E-state index in [-0.39, 0.29) is 16.8 Å². The molecule has 12 nitrogen and oxygen atoms in total. The number of nitrogens with zero attached hydrogens (tertiary/aromatic N) is 12. The van der Waals surface area contributed by atoms with E-state index in [4.69, 9.17) is 6.57 Å². The zero-order valence-corrected chi connectivity index (χ0v) is 36.2. The van der Waals surface area contributed by atoms with Crippen molar-refractivity contribution in [3.8, 4) is 74.1 Å². The lowest BCUT2D eigenvalue weighted by Gasteiger charge is -2.19. The van der Waals surface area contributed by atoms with Crippen molar-refractivity contribution in [3.05, 3.63) is 200 Å². The normalized spacial score (nSPS) is 11.6. The SMILES string of the molecule is [C-]#[N+]c1cc(-c2cc(-n3c4cc(-c5ncccn5)ccc4c4ccc(-c5ncccn5)cc43)c(C#N)c(-n3c4cc(-c5ncccn5)ccc4c4ccc(-c5ncccn5)cc43)c2)cc(C(F)(F)F)c1. The second kappa shape index (κ2) is 16.4. The Balaban J connectivity index is 1.25. The Labute approximate surface area is 395 Å². The van der Waals surface area contributed by atoms with Gasteiger partial charge < -0.3 is 9.13 Å². The van der Waals surface area contributed by atoms with E-state index in [9.17, 15) is 18.4 Å². The maximum atomic E-state index is 14.7. The molecule has 0 spiro atoms. The molecule has 0 fully saturated rings. The van der Waals surface area contributed by atoms with Crippen LogP contribution in [0.5, 0.6) is 0 Å². The topological polar surface area (TPSA) is 141 Å². The lowest BCUT2D eigenvalue weighted by molar-refractivity contribution is -0.137. The van der Waals surface area contributed by atoms with Crippen molar-refractivity contribution in [1.29, 1.82) is 5.26 Å². The molecule has 0 radical (unpaired) electrons. The minimum atomic E-state index is -4.77. The van der Waals surface area contributed by atoms with E-state index < -0.39 is 11.7 Å². The molecule has 330 valence electrons. The molecule has 0 atom stereocenters. The maximum Gasteiger partial charge on any atom is 0.415 e. The number of fused-ring (bicyclic) bond motifs is 6. The third kappa shape index (κ3) is 7.01. The van der Waals surface area contributed by atoms with Gasteiger partial charge in [-0.25, -0.2) is 44.7 Å². The number of halogens is 3. The highest BCUT2D eigenvalue weighted by Crippen LogP contribution is 2.44. The van der Waals surface area contributed by atoms with E-state index in [1.807, 2.05) is 81.9 Å². The summed E-state index contributed by atoms with van der Waals surface area (Å²) in [6.07, 6.45) is 8.45. The van der Waals surface area contributed by atoms with Crippen molar-refractivity contribution >= 4 is 49.3 Å². The Morgan fingerprint density at radius 1 is 0.429 bits per heavy atom. The van der Waals surface area contributed by atoms with Crippen LogP contribution in [0.2, 0.25) is 0 Å². The predicted molar refractivity (Wildman–Crippen MR) is 261 cm³/mol. The van der Waals surface area contributed by atoms with Crippen LogP contribution in [0.15, 0.2) is 177 Å². The van der Waals surface area contributed by atoms with E-state index in [0.717, 1.165) is 33.7 Å². The van der Waals surface area contributed by atoms with Crippen molar-refractivity contribution < 1.29 is 13.2 Å². The van der Waals surface area contributed by atoms with Gasteiger partial charge in [0.1, 0.15) is 11.6 Å². The molecule has 0 aliphatic heterocycles. The average Bonchev–Trinajstić information content (AvgIpc) is 3.92. The average molecular weight is 915 g/mol. The summed E-state index contributed by atoms with van der Waals surface area (Å²) in [6.45, 7) is 7.87. The van der Waals surface area contributed by atoms with Gasteiger partial charge in [0, 0.05) is 98.9 Å². The summed E-state index contributed by atoms with van der Waals surface area (Å²) < 4.78 is 48.1. The van der Waals surface area contributed by atoms with E-state index >= 15 is 0 Å². The van der Waals surface area contributed by atoms with Crippen LogP contribution < -0.4 is 0 Å². The zero-order valence-electron chi connectivity index (χ0n) is 36.2. The molecule has 0 aliphatic carbocycles. The van der Waals surface area contributed by atoms with Crippen molar-refractivity contribution in [3.63, 3.8) is 0 Å². The fourth-order valence-corrected chi connectivity index (χ4v) is 9.16. The maximum absolute atomic E-state index is 14.7. The van der Waals surface area contributed by atoms with Crippen LogP contribution in [0, 0.1) is 17.9 Å². The largest absolute Gasteiger partial charge is 0.415 e. The highest BCUT2D eigenvalue weighted by molar-refractivity contribution is 6.13. The van der Waals surface area contributed by atoms with Crippen LogP contribution in [0.4, 0.5) is 18.9 Å². The molecule has 70 heavy (non-hydrogen) atoms. The highest BCUT2D eigenvalue weighted by atomic mass is 19.4. The van der Waals surface area contributed by atoms with Gasteiger partial charge in [0.2, 0.25) is 0 Å². The van der Waals surface area contributed by atoms with Gasteiger partial charge in [-0.2, -0.15) is 18.4 Å². The van der Waals surface area contributed by atoms with Gasteiger partial charge >= 0.3 is 6.18 Å². The van der Waals surface area contributed by atoms with Gasteiger partial charge in [-0.05, 0) is 90.0 Å². The van der Waals surface area contributed by atoms with Gasteiger partial charge in [0.05, 0.1) is 40.0 Å². The third-order valence-electron chi connectivity index (χ3n) is 12.2. The van der Waals surface area contributed by atoms with Crippen molar-refractivity contribution in [1.82, 2.24) is 49.0 Å². The quantitative estimate of drug-likeness (QED) is 0.143. The van der Waals surface area contributed by atoms with E-state index in [1.165, 1.54) is 6.07 Å². The molecule has 0 unspecified atom stereocenters. The first kappa shape index (κ1) is 41.4. The summed E-state index contributed by atoms with van der Waals surface area (Å²) in [4.78, 5) is 39.7. The summed E-state index contributed by atoms with van der Waals surface area (Å²) in [5.74, 6) is 1.86. The molecule has 0 aliphatic rings. The molecule has 0 N–H and O–H groups in total. The Morgan fingerprint density at radius 3 is 1.06 bits per heavy atom. The number of aromatic nitrogens is 10. The second-order valence-electron chi connectivity index (χ2n) is 16.3. The summed E-state index contributed by atoms with van der Waals surface area (Å²) in [7, 11) is 0. The number of nitriles is 1. The molecular weight excluding hydrogens is 886 g/mol. The molecule has 0 saturated heterocycles. The van der Waals surface area contributed by atoms with E-state index in [1.54, 1.807) is 86.0 Å². The van der Waals surface area contributed by atoms with Crippen molar-refractivity contribution in [2.45, 2.75) is 6.18 Å². The number of alkyl halides is 3. The number of rotatable bonds is 7. The third-order valence-corrected chi connectivity index (χ3v) is 12.2. The minimum Gasteiger partial charge on any atom is -0.308 e. The first-order valence-corrected chi connectivity index (χ1v) is 21.7. The van der Waals surface area contributed by atoms with Gasteiger partial charge in [0.25, 0.3) is 0 Å². The van der Waals surface area contributed by atoms with Crippen LogP contribution in [0.3, 0.4) is 0 Å². The molecule has 0 amide bonds. The number of hydrogen-bond acceptors (Lipinski definition) is 9. The zero-order chi connectivity index (χ0) is 47.5. The molecule has 6 aromatic carbocycles. The Bertz CT molecular complexity index is 3710. The van der Waals surface area contributed by atoms with E-state index in [2.05, 4.69) is 50.8 Å². The minimum absolute atomic E-state index is 0.114. The van der Waals surface area contributed by atoms with Crippen LogP contribution in [0.1, 0.15) is 11.1 Å². The molecule has 15 heteroatoms. The Hall–Kier alpha value is -9.99. The molecule has 0 bridgehead atoms. The van der Waals surface area contributed by atoms with Gasteiger partial charge in [-0.3, -0.25) is 0 Å². The predicted octanol–water partition coefficient (Wildman–Crippen LogP) is 12.8. The van der Waals surface area contributed by atoms with Gasteiger partial charge in [-0.1, -0.05) is 48.5 Å². The smallest absolute Gasteiger partial charge is 0.308 e. The number of benzene rings is 6.